The summed E-state index contributed by atoms with van der Waals surface area (Å²) in [4.78, 5) is 12.5. The molecule has 0 radical (unpaired) electrons. The number of anilines is 1. The monoisotopic (exact) mass is 218 g/mol. The molecule has 1 unspecified atom stereocenters. The Morgan fingerprint density at radius 3 is 2.62 bits per heavy atom. The molecule has 84 valence electrons. The number of hydrogen-bond donors (Lipinski definition) is 1. The van der Waals surface area contributed by atoms with Gasteiger partial charge in [0.05, 0.1) is 11.6 Å². The Hall–Kier alpha value is -2.02. The first-order valence-corrected chi connectivity index (χ1v) is 4.93. The van der Waals surface area contributed by atoms with E-state index in [1.54, 1.807) is 31.0 Å². The van der Waals surface area contributed by atoms with Gasteiger partial charge < -0.3 is 10.0 Å². The molecule has 0 spiro atoms. The van der Waals surface area contributed by atoms with Crippen LogP contribution in [0.3, 0.4) is 0 Å². The zero-order valence-electron chi connectivity index (χ0n) is 9.56. The molecule has 4 heteroatoms. The van der Waals surface area contributed by atoms with Crippen molar-refractivity contribution in [1.82, 2.24) is 0 Å². The Morgan fingerprint density at radius 2 is 2.19 bits per heavy atom. The molecule has 0 heterocycles. The van der Waals surface area contributed by atoms with Crippen molar-refractivity contribution < 1.29 is 9.90 Å². The molecule has 1 aromatic rings. The number of likely N-dealkylation sites (N-methyl/N-ethyl adjacent to an activating group) is 1. The second-order valence-corrected chi connectivity index (χ2v) is 3.74. The van der Waals surface area contributed by atoms with E-state index in [0.29, 0.717) is 5.56 Å². The molecule has 0 aliphatic heterocycles. The third kappa shape index (κ3) is 2.31. The predicted molar refractivity (Wildman–Crippen MR) is 61.4 cm³/mol. The van der Waals surface area contributed by atoms with Gasteiger partial charge in [-0.2, -0.15) is 5.26 Å². The number of benzene rings is 1. The van der Waals surface area contributed by atoms with Crippen molar-refractivity contribution in [2.24, 2.45) is 0 Å². The summed E-state index contributed by atoms with van der Waals surface area (Å²) in [5.41, 5.74) is 2.26. The fourth-order valence-corrected chi connectivity index (χ4v) is 1.38. The molecule has 1 rings (SSSR count). The average molecular weight is 218 g/mol. The van der Waals surface area contributed by atoms with E-state index in [2.05, 4.69) is 6.07 Å². The molecular weight excluding hydrogens is 204 g/mol. The second kappa shape index (κ2) is 4.67. The normalized spacial score (nSPS) is 11.6. The number of aliphatic carboxylic acids is 1. The van der Waals surface area contributed by atoms with Crippen molar-refractivity contribution in [2.45, 2.75) is 19.9 Å². The van der Waals surface area contributed by atoms with Crippen LogP contribution in [-0.2, 0) is 4.79 Å². The van der Waals surface area contributed by atoms with Crippen LogP contribution in [0.2, 0.25) is 0 Å². The Kier molecular flexibility index (Phi) is 3.51. The summed E-state index contributed by atoms with van der Waals surface area (Å²) in [6.07, 6.45) is 0. The lowest BCUT2D eigenvalue weighted by Gasteiger charge is -2.24. The van der Waals surface area contributed by atoms with Gasteiger partial charge in [-0.15, -0.1) is 0 Å². The van der Waals surface area contributed by atoms with E-state index in [4.69, 9.17) is 10.4 Å². The van der Waals surface area contributed by atoms with Gasteiger partial charge in [0.25, 0.3) is 0 Å². The number of nitrogens with zero attached hydrogens (tertiary/aromatic N) is 2. The van der Waals surface area contributed by atoms with Gasteiger partial charge in [0.15, 0.2) is 0 Å². The number of nitriles is 1. The summed E-state index contributed by atoms with van der Waals surface area (Å²) < 4.78 is 0. The summed E-state index contributed by atoms with van der Waals surface area (Å²) in [6, 6.07) is 6.76. The maximum atomic E-state index is 10.8. The number of rotatable bonds is 3. The summed E-state index contributed by atoms with van der Waals surface area (Å²) in [7, 11) is 1.72. The number of carbonyl (C=O) groups is 1. The molecule has 0 aliphatic carbocycles. The summed E-state index contributed by atoms with van der Waals surface area (Å²) in [5.74, 6) is -0.871. The maximum Gasteiger partial charge on any atom is 0.326 e. The minimum absolute atomic E-state index is 0.590. The average Bonchev–Trinajstić information content (AvgIpc) is 2.26. The van der Waals surface area contributed by atoms with Gasteiger partial charge in [-0.1, -0.05) is 0 Å². The van der Waals surface area contributed by atoms with E-state index in [1.807, 2.05) is 13.0 Å². The number of hydrogen-bond acceptors (Lipinski definition) is 3. The molecule has 0 aromatic heterocycles. The topological polar surface area (TPSA) is 64.3 Å². The third-order valence-electron chi connectivity index (χ3n) is 2.68. The van der Waals surface area contributed by atoms with Crippen LogP contribution in [0.1, 0.15) is 18.1 Å². The van der Waals surface area contributed by atoms with E-state index < -0.39 is 12.0 Å². The molecule has 1 N–H and O–H groups in total. The van der Waals surface area contributed by atoms with Crippen LogP contribution in [0.25, 0.3) is 0 Å². The molecule has 1 atom stereocenters. The zero-order chi connectivity index (χ0) is 12.3. The predicted octanol–water partition coefficient (Wildman–Crippen LogP) is 1.78. The van der Waals surface area contributed by atoms with Gasteiger partial charge in [0, 0.05) is 12.7 Å². The number of carboxylic acid groups (broad SMARTS) is 1. The van der Waals surface area contributed by atoms with E-state index >= 15 is 0 Å². The van der Waals surface area contributed by atoms with Crippen LogP contribution in [0.15, 0.2) is 18.2 Å². The molecule has 16 heavy (non-hydrogen) atoms. The maximum absolute atomic E-state index is 10.8. The smallest absolute Gasteiger partial charge is 0.326 e. The lowest BCUT2D eigenvalue weighted by atomic mass is 10.1. The van der Waals surface area contributed by atoms with Crippen molar-refractivity contribution in [2.75, 3.05) is 11.9 Å². The summed E-state index contributed by atoms with van der Waals surface area (Å²) in [6.45, 7) is 3.46. The quantitative estimate of drug-likeness (QED) is 0.839. The highest BCUT2D eigenvalue weighted by Crippen LogP contribution is 2.19. The first-order valence-electron chi connectivity index (χ1n) is 4.93. The van der Waals surface area contributed by atoms with E-state index in [9.17, 15) is 4.79 Å². The van der Waals surface area contributed by atoms with Crippen LogP contribution in [-0.4, -0.2) is 24.2 Å². The van der Waals surface area contributed by atoms with Crippen molar-refractivity contribution in [3.05, 3.63) is 29.3 Å². The van der Waals surface area contributed by atoms with Crippen LogP contribution < -0.4 is 4.90 Å². The van der Waals surface area contributed by atoms with Crippen molar-refractivity contribution in [3.63, 3.8) is 0 Å². The lowest BCUT2D eigenvalue weighted by Crippen LogP contribution is -2.35. The van der Waals surface area contributed by atoms with Gasteiger partial charge in [0.2, 0.25) is 0 Å². The molecule has 0 amide bonds. The molecule has 0 saturated carbocycles. The highest BCUT2D eigenvalue weighted by atomic mass is 16.4. The largest absolute Gasteiger partial charge is 0.480 e. The first kappa shape index (κ1) is 12.1. The SMILES string of the molecule is Cc1cc(N(C)C(C)C(=O)O)ccc1C#N. The van der Waals surface area contributed by atoms with Gasteiger partial charge in [-0.3, -0.25) is 0 Å². The summed E-state index contributed by atoms with van der Waals surface area (Å²) in [5, 5.41) is 17.7. The van der Waals surface area contributed by atoms with Crippen LogP contribution in [0.4, 0.5) is 5.69 Å². The van der Waals surface area contributed by atoms with E-state index in [0.717, 1.165) is 11.3 Å². The molecule has 0 saturated heterocycles. The third-order valence-corrected chi connectivity index (χ3v) is 2.68. The minimum Gasteiger partial charge on any atom is -0.480 e. The van der Waals surface area contributed by atoms with Crippen molar-refractivity contribution >= 4 is 11.7 Å². The number of carboxylic acids is 1. The molecule has 0 aliphatic rings. The summed E-state index contributed by atoms with van der Waals surface area (Å²) >= 11 is 0. The van der Waals surface area contributed by atoms with Gasteiger partial charge in [-0.25, -0.2) is 4.79 Å². The Bertz CT molecular complexity index is 449. The van der Waals surface area contributed by atoms with Crippen molar-refractivity contribution in [1.29, 1.82) is 5.26 Å². The molecule has 4 nitrogen and oxygen atoms in total. The fraction of sp³-hybridized carbons (Fsp3) is 0.333. The Balaban J connectivity index is 3.02. The van der Waals surface area contributed by atoms with Gasteiger partial charge in [0.1, 0.15) is 6.04 Å². The van der Waals surface area contributed by atoms with E-state index in [-0.39, 0.29) is 0 Å². The Morgan fingerprint density at radius 1 is 1.56 bits per heavy atom. The van der Waals surface area contributed by atoms with Gasteiger partial charge in [-0.05, 0) is 37.6 Å². The number of aryl methyl sites for hydroxylation is 1. The Labute approximate surface area is 94.7 Å². The lowest BCUT2D eigenvalue weighted by molar-refractivity contribution is -0.138. The fourth-order valence-electron chi connectivity index (χ4n) is 1.38. The highest BCUT2D eigenvalue weighted by molar-refractivity contribution is 5.77. The zero-order valence-corrected chi connectivity index (χ0v) is 9.56. The standard InChI is InChI=1S/C12H14N2O2/c1-8-6-11(5-4-10(8)7-13)14(3)9(2)12(15)16/h4-6,9H,1-3H3,(H,15,16). The first-order chi connectivity index (χ1) is 7.47. The highest BCUT2D eigenvalue weighted by Gasteiger charge is 2.17. The molecule has 1 aromatic carbocycles. The van der Waals surface area contributed by atoms with Crippen LogP contribution in [0, 0.1) is 18.3 Å². The van der Waals surface area contributed by atoms with Crippen LogP contribution in [0.5, 0.6) is 0 Å². The van der Waals surface area contributed by atoms with Crippen molar-refractivity contribution in [3.8, 4) is 6.07 Å². The molecule has 0 fully saturated rings. The van der Waals surface area contributed by atoms with E-state index in [1.165, 1.54) is 0 Å². The second-order valence-electron chi connectivity index (χ2n) is 3.74. The molecular formula is C12H14N2O2. The minimum atomic E-state index is -0.871. The molecule has 0 bridgehead atoms. The van der Waals surface area contributed by atoms with Crippen LogP contribution >= 0.6 is 0 Å². The van der Waals surface area contributed by atoms with Gasteiger partial charge >= 0.3 is 5.97 Å².